The molecule has 0 spiro atoms. The second-order valence-corrected chi connectivity index (χ2v) is 7.25. The lowest BCUT2D eigenvalue weighted by molar-refractivity contribution is -0.121. The van der Waals surface area contributed by atoms with Crippen LogP contribution < -0.4 is 10.6 Å². The van der Waals surface area contributed by atoms with Crippen LogP contribution in [-0.2, 0) is 11.2 Å². The number of carbonyl (C=O) groups excluding carboxylic acids is 2. The second kappa shape index (κ2) is 9.42. The number of benzene rings is 2. The molecule has 0 aliphatic carbocycles. The van der Waals surface area contributed by atoms with E-state index >= 15 is 0 Å². The van der Waals surface area contributed by atoms with E-state index in [0.29, 0.717) is 17.5 Å². The molecule has 164 valence electrons. The molecule has 0 radical (unpaired) electrons. The fourth-order valence-electron chi connectivity index (χ4n) is 3.52. The van der Waals surface area contributed by atoms with E-state index in [0.717, 1.165) is 22.3 Å². The average Bonchev–Trinajstić information content (AvgIpc) is 3.44. The summed E-state index contributed by atoms with van der Waals surface area (Å²) in [5, 5.41) is 12.4. The van der Waals surface area contributed by atoms with Gasteiger partial charge in [0.2, 0.25) is 5.91 Å². The normalized spacial score (nSPS) is 10.9. The smallest absolute Gasteiger partial charge is 0.269 e. The van der Waals surface area contributed by atoms with Gasteiger partial charge >= 0.3 is 0 Å². The molecule has 7 nitrogen and oxygen atoms in total. The maximum Gasteiger partial charge on any atom is 0.269 e. The van der Waals surface area contributed by atoms with Crippen LogP contribution in [0.15, 0.2) is 54.7 Å². The summed E-state index contributed by atoms with van der Waals surface area (Å²) in [5.74, 6) is -1.23. The third kappa shape index (κ3) is 4.83. The minimum atomic E-state index is -0.374. The lowest BCUT2D eigenvalue weighted by Gasteiger charge is -2.08. The third-order valence-electron chi connectivity index (χ3n) is 5.08. The number of rotatable bonds is 8. The Morgan fingerprint density at radius 1 is 0.938 bits per heavy atom. The number of amides is 2. The molecule has 2 heterocycles. The number of nitrogens with zero attached hydrogens (tertiary/aromatic N) is 1. The molecule has 32 heavy (non-hydrogen) atoms. The number of aromatic amines is 2. The van der Waals surface area contributed by atoms with Crippen molar-refractivity contribution in [2.45, 2.75) is 12.8 Å². The highest BCUT2D eigenvalue weighted by Gasteiger charge is 2.15. The molecule has 0 aliphatic heterocycles. The van der Waals surface area contributed by atoms with Gasteiger partial charge in [0.15, 0.2) is 0 Å². The SMILES string of the molecule is O=C(CCc1c(-c2ccc(F)cc2)[nH]c2ccc(F)cc12)NCCNC(=O)c1ccn[nH]1. The monoisotopic (exact) mass is 437 g/mol. The van der Waals surface area contributed by atoms with Crippen molar-refractivity contribution in [1.29, 1.82) is 0 Å². The molecule has 2 aromatic carbocycles. The van der Waals surface area contributed by atoms with Crippen LogP contribution >= 0.6 is 0 Å². The van der Waals surface area contributed by atoms with Crippen molar-refractivity contribution in [3.63, 3.8) is 0 Å². The van der Waals surface area contributed by atoms with Crippen molar-refractivity contribution in [3.05, 3.63) is 77.6 Å². The number of H-pyrrole nitrogens is 2. The molecular formula is C23H21F2N5O2. The summed E-state index contributed by atoms with van der Waals surface area (Å²) in [6, 6.07) is 12.0. The van der Waals surface area contributed by atoms with Gasteiger partial charge in [-0.2, -0.15) is 5.10 Å². The fourth-order valence-corrected chi connectivity index (χ4v) is 3.52. The largest absolute Gasteiger partial charge is 0.354 e. The molecule has 2 aromatic heterocycles. The van der Waals surface area contributed by atoms with Crippen molar-refractivity contribution >= 4 is 22.7 Å². The Bertz CT molecular complexity index is 1230. The van der Waals surface area contributed by atoms with Crippen molar-refractivity contribution < 1.29 is 18.4 Å². The number of carbonyl (C=O) groups is 2. The van der Waals surface area contributed by atoms with Gasteiger partial charge in [-0.1, -0.05) is 0 Å². The van der Waals surface area contributed by atoms with Crippen LogP contribution in [0.1, 0.15) is 22.5 Å². The highest BCUT2D eigenvalue weighted by atomic mass is 19.1. The summed E-state index contributed by atoms with van der Waals surface area (Å²) in [7, 11) is 0. The molecule has 4 aromatic rings. The topological polar surface area (TPSA) is 103 Å². The molecule has 0 bridgehead atoms. The van der Waals surface area contributed by atoms with E-state index in [2.05, 4.69) is 25.8 Å². The molecule has 0 fully saturated rings. The van der Waals surface area contributed by atoms with Crippen LogP contribution in [0.3, 0.4) is 0 Å². The van der Waals surface area contributed by atoms with Gasteiger partial charge in [-0.3, -0.25) is 14.7 Å². The van der Waals surface area contributed by atoms with Crippen LogP contribution in [0.2, 0.25) is 0 Å². The highest BCUT2D eigenvalue weighted by molar-refractivity contribution is 5.92. The predicted molar refractivity (Wildman–Crippen MR) is 116 cm³/mol. The molecule has 4 rings (SSSR count). The fraction of sp³-hybridized carbons (Fsp3) is 0.174. The van der Waals surface area contributed by atoms with Gasteiger partial charge in [0.25, 0.3) is 5.91 Å². The number of aromatic nitrogens is 3. The van der Waals surface area contributed by atoms with E-state index in [-0.39, 0.29) is 43.0 Å². The summed E-state index contributed by atoms with van der Waals surface area (Å²) in [5.41, 5.74) is 3.35. The zero-order valence-corrected chi connectivity index (χ0v) is 17.0. The summed E-state index contributed by atoms with van der Waals surface area (Å²) in [4.78, 5) is 27.4. The van der Waals surface area contributed by atoms with Gasteiger partial charge < -0.3 is 15.6 Å². The van der Waals surface area contributed by atoms with E-state index in [1.54, 1.807) is 24.3 Å². The first-order valence-corrected chi connectivity index (χ1v) is 10.1. The van der Waals surface area contributed by atoms with E-state index in [1.165, 1.54) is 30.5 Å². The molecule has 2 amide bonds. The Labute approximate surface area is 182 Å². The maximum absolute atomic E-state index is 13.9. The van der Waals surface area contributed by atoms with Gasteiger partial charge in [0, 0.05) is 42.3 Å². The first kappa shape index (κ1) is 21.2. The maximum atomic E-state index is 13.9. The molecule has 0 aliphatic rings. The Kier molecular flexibility index (Phi) is 6.25. The summed E-state index contributed by atoms with van der Waals surface area (Å²) in [6.45, 7) is 0.536. The average molecular weight is 437 g/mol. The molecule has 9 heteroatoms. The van der Waals surface area contributed by atoms with Crippen LogP contribution in [0.25, 0.3) is 22.2 Å². The molecule has 0 saturated carbocycles. The van der Waals surface area contributed by atoms with E-state index in [9.17, 15) is 18.4 Å². The third-order valence-corrected chi connectivity index (χ3v) is 5.08. The van der Waals surface area contributed by atoms with Gasteiger partial charge in [-0.15, -0.1) is 0 Å². The Hall–Kier alpha value is -4.01. The molecular weight excluding hydrogens is 416 g/mol. The van der Waals surface area contributed by atoms with Gasteiger partial charge in [-0.05, 0) is 66.1 Å². The Morgan fingerprint density at radius 2 is 1.69 bits per heavy atom. The zero-order chi connectivity index (χ0) is 22.5. The number of nitrogens with one attached hydrogen (secondary N) is 4. The number of hydrogen-bond acceptors (Lipinski definition) is 3. The highest BCUT2D eigenvalue weighted by Crippen LogP contribution is 2.32. The zero-order valence-electron chi connectivity index (χ0n) is 17.0. The van der Waals surface area contributed by atoms with Crippen molar-refractivity contribution in [2.24, 2.45) is 0 Å². The lowest BCUT2D eigenvalue weighted by Crippen LogP contribution is -2.34. The number of aryl methyl sites for hydroxylation is 1. The summed E-state index contributed by atoms with van der Waals surface area (Å²) >= 11 is 0. The molecule has 0 atom stereocenters. The summed E-state index contributed by atoms with van der Waals surface area (Å²) < 4.78 is 27.2. The Balaban J connectivity index is 1.40. The van der Waals surface area contributed by atoms with Crippen LogP contribution in [0.5, 0.6) is 0 Å². The summed E-state index contributed by atoms with van der Waals surface area (Å²) in [6.07, 6.45) is 2.02. The van der Waals surface area contributed by atoms with Gasteiger partial charge in [0.1, 0.15) is 17.3 Å². The van der Waals surface area contributed by atoms with Crippen LogP contribution in [0.4, 0.5) is 8.78 Å². The lowest BCUT2D eigenvalue weighted by atomic mass is 10.0. The van der Waals surface area contributed by atoms with E-state index in [4.69, 9.17) is 0 Å². The van der Waals surface area contributed by atoms with Crippen molar-refractivity contribution in [2.75, 3.05) is 13.1 Å². The van der Waals surface area contributed by atoms with Crippen molar-refractivity contribution in [3.8, 4) is 11.3 Å². The number of fused-ring (bicyclic) bond motifs is 1. The minimum absolute atomic E-state index is 0.173. The predicted octanol–water partition coefficient (Wildman–Crippen LogP) is 3.32. The first-order valence-electron chi connectivity index (χ1n) is 10.1. The van der Waals surface area contributed by atoms with Crippen LogP contribution in [0, 0.1) is 11.6 Å². The van der Waals surface area contributed by atoms with E-state index < -0.39 is 0 Å². The molecule has 4 N–H and O–H groups in total. The first-order chi connectivity index (χ1) is 15.5. The molecule has 0 saturated heterocycles. The minimum Gasteiger partial charge on any atom is -0.354 e. The molecule has 0 unspecified atom stereocenters. The standard InChI is InChI=1S/C23H21F2N5O2/c24-15-3-1-14(2-4-15)22-17(18-13-16(25)5-7-19(18)29-22)6-8-21(31)26-11-12-27-23(32)20-9-10-28-30-20/h1-5,7,9-10,13,29H,6,8,11-12H2,(H,26,31)(H,27,32)(H,28,30). The Morgan fingerprint density at radius 3 is 2.44 bits per heavy atom. The van der Waals surface area contributed by atoms with Crippen molar-refractivity contribution in [1.82, 2.24) is 25.8 Å². The van der Waals surface area contributed by atoms with Crippen LogP contribution in [-0.4, -0.2) is 40.1 Å². The number of hydrogen-bond donors (Lipinski definition) is 4. The second-order valence-electron chi connectivity index (χ2n) is 7.25. The van der Waals surface area contributed by atoms with Gasteiger partial charge in [0.05, 0.1) is 0 Å². The van der Waals surface area contributed by atoms with Gasteiger partial charge in [-0.25, -0.2) is 8.78 Å². The number of halogens is 2. The van der Waals surface area contributed by atoms with E-state index in [1.807, 2.05) is 0 Å². The quantitative estimate of drug-likeness (QED) is 0.318.